The van der Waals surface area contributed by atoms with Crippen molar-refractivity contribution in [2.45, 2.75) is 56.2 Å². The first-order valence-corrected chi connectivity index (χ1v) is 9.01. The summed E-state index contributed by atoms with van der Waals surface area (Å²) < 4.78 is 27.3. The summed E-state index contributed by atoms with van der Waals surface area (Å²) >= 11 is 0. The minimum atomic E-state index is -3.56. The molecular formula is C15H24N2O3S. The molecule has 1 aromatic carbocycles. The zero-order valence-electron chi connectivity index (χ0n) is 12.4. The molecule has 118 valence electrons. The van der Waals surface area contributed by atoms with E-state index in [0.29, 0.717) is 12.8 Å². The van der Waals surface area contributed by atoms with Crippen LogP contribution < -0.4 is 10.0 Å². The number of aliphatic hydroxyl groups excluding tert-OH is 1. The Hall–Kier alpha value is -0.950. The minimum Gasteiger partial charge on any atom is -0.391 e. The van der Waals surface area contributed by atoms with Gasteiger partial charge in [0.05, 0.1) is 11.0 Å². The molecule has 0 bridgehead atoms. The average Bonchev–Trinajstić information content (AvgIpc) is 2.48. The molecule has 0 spiro atoms. The molecule has 1 aliphatic carbocycles. The fraction of sp³-hybridized carbons (Fsp3) is 0.600. The van der Waals surface area contributed by atoms with E-state index in [1.807, 2.05) is 19.1 Å². The molecule has 3 N–H and O–H groups in total. The Kier molecular flexibility index (Phi) is 5.75. The number of benzene rings is 1. The van der Waals surface area contributed by atoms with Gasteiger partial charge in [0.15, 0.2) is 0 Å². The molecule has 0 amide bonds. The van der Waals surface area contributed by atoms with Crippen molar-refractivity contribution in [3.63, 3.8) is 0 Å². The van der Waals surface area contributed by atoms with E-state index in [1.54, 1.807) is 12.1 Å². The summed E-state index contributed by atoms with van der Waals surface area (Å²) in [5.41, 5.74) is 1.05. The molecule has 0 aromatic heterocycles. The van der Waals surface area contributed by atoms with Gasteiger partial charge in [-0.15, -0.1) is 0 Å². The summed E-state index contributed by atoms with van der Waals surface area (Å²) in [4.78, 5) is 0.250. The van der Waals surface area contributed by atoms with E-state index in [0.717, 1.165) is 31.5 Å². The Morgan fingerprint density at radius 3 is 2.48 bits per heavy atom. The van der Waals surface area contributed by atoms with Gasteiger partial charge in [-0.2, -0.15) is 0 Å². The predicted molar refractivity (Wildman–Crippen MR) is 82.4 cm³/mol. The number of hydrogen-bond acceptors (Lipinski definition) is 4. The maximum Gasteiger partial charge on any atom is 0.240 e. The number of rotatable bonds is 6. The second-order valence-electron chi connectivity index (χ2n) is 5.50. The second kappa shape index (κ2) is 7.35. The third-order valence-electron chi connectivity index (χ3n) is 3.85. The lowest BCUT2D eigenvalue weighted by molar-refractivity contribution is 0.101. The molecule has 1 aliphatic rings. The van der Waals surface area contributed by atoms with E-state index in [9.17, 15) is 13.5 Å². The Balaban J connectivity index is 2.04. The number of nitrogens with one attached hydrogen (secondary N) is 2. The molecule has 2 atom stereocenters. The number of aliphatic hydroxyl groups is 1. The van der Waals surface area contributed by atoms with E-state index in [1.165, 1.54) is 0 Å². The van der Waals surface area contributed by atoms with E-state index < -0.39 is 16.1 Å². The molecule has 5 nitrogen and oxygen atoms in total. The van der Waals surface area contributed by atoms with Crippen LogP contribution in [0.2, 0.25) is 0 Å². The normalized spacial score (nSPS) is 23.1. The molecule has 21 heavy (non-hydrogen) atoms. The van der Waals surface area contributed by atoms with Crippen molar-refractivity contribution >= 4 is 10.0 Å². The van der Waals surface area contributed by atoms with Crippen molar-refractivity contribution in [1.29, 1.82) is 0 Å². The van der Waals surface area contributed by atoms with E-state index in [-0.39, 0.29) is 10.9 Å². The van der Waals surface area contributed by atoms with Crippen LogP contribution in [0.25, 0.3) is 0 Å². The summed E-state index contributed by atoms with van der Waals surface area (Å²) in [5.74, 6) is 0. The first-order chi connectivity index (χ1) is 10.0. The van der Waals surface area contributed by atoms with Gasteiger partial charge in [0.2, 0.25) is 10.0 Å². The van der Waals surface area contributed by atoms with Crippen molar-refractivity contribution in [1.82, 2.24) is 10.0 Å². The lowest BCUT2D eigenvalue weighted by Gasteiger charge is -2.28. The van der Waals surface area contributed by atoms with Gasteiger partial charge in [-0.3, -0.25) is 0 Å². The van der Waals surface area contributed by atoms with Crippen LogP contribution in [0.3, 0.4) is 0 Å². The lowest BCUT2D eigenvalue weighted by Crippen LogP contribution is -2.44. The fourth-order valence-corrected chi connectivity index (χ4v) is 3.88. The van der Waals surface area contributed by atoms with Crippen LogP contribution in [-0.4, -0.2) is 32.2 Å². The third-order valence-corrected chi connectivity index (χ3v) is 5.35. The average molecular weight is 312 g/mol. The van der Waals surface area contributed by atoms with Crippen molar-refractivity contribution < 1.29 is 13.5 Å². The Bertz CT molecular complexity index is 543. The number of hydrogen-bond donors (Lipinski definition) is 3. The largest absolute Gasteiger partial charge is 0.391 e. The van der Waals surface area contributed by atoms with Crippen molar-refractivity contribution in [3.8, 4) is 0 Å². The highest BCUT2D eigenvalue weighted by Gasteiger charge is 2.27. The maximum atomic E-state index is 12.3. The van der Waals surface area contributed by atoms with Crippen molar-refractivity contribution in [3.05, 3.63) is 29.8 Å². The molecule has 1 saturated carbocycles. The molecule has 6 heteroatoms. The van der Waals surface area contributed by atoms with Gasteiger partial charge in [-0.1, -0.05) is 31.9 Å². The third kappa shape index (κ3) is 4.51. The molecular weight excluding hydrogens is 288 g/mol. The molecule has 1 fully saturated rings. The summed E-state index contributed by atoms with van der Waals surface area (Å²) in [6.45, 7) is 3.63. The highest BCUT2D eigenvalue weighted by molar-refractivity contribution is 7.89. The first kappa shape index (κ1) is 16.4. The van der Waals surface area contributed by atoms with Gasteiger partial charge in [0.1, 0.15) is 0 Å². The van der Waals surface area contributed by atoms with Gasteiger partial charge in [-0.25, -0.2) is 13.1 Å². The van der Waals surface area contributed by atoms with E-state index in [4.69, 9.17) is 0 Å². The standard InChI is InChI=1S/C15H24N2O3S/c1-2-16-11-12-7-9-13(10-8-12)21(19,20)17-14-5-3-4-6-15(14)18/h7-10,14-18H,2-6,11H2,1H3. The van der Waals surface area contributed by atoms with Crippen LogP contribution in [0.5, 0.6) is 0 Å². The zero-order valence-corrected chi connectivity index (χ0v) is 13.2. The molecule has 2 unspecified atom stereocenters. The topological polar surface area (TPSA) is 78.4 Å². The van der Waals surface area contributed by atoms with Gasteiger partial charge in [0, 0.05) is 12.6 Å². The Labute approximate surface area is 126 Å². The van der Waals surface area contributed by atoms with Crippen LogP contribution in [-0.2, 0) is 16.6 Å². The van der Waals surface area contributed by atoms with Crippen LogP contribution >= 0.6 is 0 Å². The van der Waals surface area contributed by atoms with Crippen molar-refractivity contribution in [2.24, 2.45) is 0 Å². The summed E-state index contributed by atoms with van der Waals surface area (Å²) in [6, 6.07) is 6.49. The van der Waals surface area contributed by atoms with Crippen LogP contribution in [0.1, 0.15) is 38.2 Å². The molecule has 0 heterocycles. The van der Waals surface area contributed by atoms with Crippen LogP contribution in [0.4, 0.5) is 0 Å². The van der Waals surface area contributed by atoms with E-state index in [2.05, 4.69) is 10.0 Å². The van der Waals surface area contributed by atoms with Gasteiger partial charge < -0.3 is 10.4 Å². The zero-order chi connectivity index (χ0) is 15.3. The first-order valence-electron chi connectivity index (χ1n) is 7.53. The van der Waals surface area contributed by atoms with E-state index >= 15 is 0 Å². The van der Waals surface area contributed by atoms with Gasteiger partial charge >= 0.3 is 0 Å². The molecule has 0 saturated heterocycles. The smallest absolute Gasteiger partial charge is 0.240 e. The Morgan fingerprint density at radius 1 is 1.19 bits per heavy atom. The lowest BCUT2D eigenvalue weighted by atomic mass is 9.93. The molecule has 0 aliphatic heterocycles. The van der Waals surface area contributed by atoms with Gasteiger partial charge in [0.25, 0.3) is 0 Å². The van der Waals surface area contributed by atoms with Gasteiger partial charge in [-0.05, 0) is 37.1 Å². The molecule has 0 radical (unpaired) electrons. The number of sulfonamides is 1. The molecule has 1 aromatic rings. The summed E-state index contributed by atoms with van der Waals surface area (Å²) in [7, 11) is -3.56. The Morgan fingerprint density at radius 2 is 1.86 bits per heavy atom. The summed E-state index contributed by atoms with van der Waals surface area (Å²) in [6.07, 6.45) is 2.68. The fourth-order valence-electron chi connectivity index (χ4n) is 2.57. The van der Waals surface area contributed by atoms with Crippen LogP contribution in [0.15, 0.2) is 29.2 Å². The SMILES string of the molecule is CCNCc1ccc(S(=O)(=O)NC2CCCCC2O)cc1. The maximum absolute atomic E-state index is 12.3. The van der Waals surface area contributed by atoms with Crippen LogP contribution in [0, 0.1) is 0 Å². The second-order valence-corrected chi connectivity index (χ2v) is 7.22. The predicted octanol–water partition coefficient (Wildman–Crippen LogP) is 1.38. The van der Waals surface area contributed by atoms with Crippen molar-refractivity contribution in [2.75, 3.05) is 6.54 Å². The minimum absolute atomic E-state index is 0.250. The highest BCUT2D eigenvalue weighted by Crippen LogP contribution is 2.20. The quantitative estimate of drug-likeness (QED) is 0.741. The molecule has 2 rings (SSSR count). The monoisotopic (exact) mass is 312 g/mol. The highest BCUT2D eigenvalue weighted by atomic mass is 32.2. The summed E-state index contributed by atoms with van der Waals surface area (Å²) in [5, 5.41) is 13.1.